The van der Waals surface area contributed by atoms with Gasteiger partial charge in [0.2, 0.25) is 11.1 Å². The Labute approximate surface area is 183 Å². The number of methoxy groups -OCH3 is 2. The number of Topliss-reactive ketones (excluding diaryl/α,β-unsaturated/α-hetero) is 1. The molecular formula is C20H25BrN4O3S. The van der Waals surface area contributed by atoms with Gasteiger partial charge in [-0.25, -0.2) is 4.68 Å². The summed E-state index contributed by atoms with van der Waals surface area (Å²) in [4.78, 5) is 17.2. The number of ether oxygens (including phenoxy) is 2. The Bertz CT molecular complexity index is 957. The van der Waals surface area contributed by atoms with Gasteiger partial charge in [0.1, 0.15) is 6.04 Å². The molecule has 2 aromatic rings. The highest BCUT2D eigenvalue weighted by atomic mass is 79.9. The first-order valence-corrected chi connectivity index (χ1v) is 11.2. The molecule has 0 radical (unpaired) electrons. The SMILES string of the molecule is CCCCSc1nc2n(n1)C(c1cc(Br)c(OC)c(OC)c1)C(C(C)=O)=C(C)N2. The van der Waals surface area contributed by atoms with Gasteiger partial charge >= 0.3 is 0 Å². The number of anilines is 1. The summed E-state index contributed by atoms with van der Waals surface area (Å²) in [6.07, 6.45) is 2.22. The van der Waals surface area contributed by atoms with Gasteiger partial charge in [-0.3, -0.25) is 4.79 Å². The number of carbonyl (C=O) groups excluding carboxylic acids is 1. The van der Waals surface area contributed by atoms with Crippen molar-refractivity contribution in [2.45, 2.75) is 44.8 Å². The normalized spacial score (nSPS) is 15.7. The Hall–Kier alpha value is -2.00. The maximum Gasteiger partial charge on any atom is 0.227 e. The number of hydrogen-bond acceptors (Lipinski definition) is 7. The van der Waals surface area contributed by atoms with Gasteiger partial charge in [-0.15, -0.1) is 5.10 Å². The summed E-state index contributed by atoms with van der Waals surface area (Å²) in [6.45, 7) is 5.62. The predicted octanol–water partition coefficient (Wildman–Crippen LogP) is 4.83. The van der Waals surface area contributed by atoms with Crippen molar-refractivity contribution in [3.63, 3.8) is 0 Å². The van der Waals surface area contributed by atoms with E-state index in [1.54, 1.807) is 37.6 Å². The van der Waals surface area contributed by atoms with Crippen molar-refractivity contribution in [2.24, 2.45) is 0 Å². The molecule has 29 heavy (non-hydrogen) atoms. The van der Waals surface area contributed by atoms with E-state index in [2.05, 4.69) is 33.2 Å². The molecule has 1 aromatic heterocycles. The Morgan fingerprint density at radius 2 is 2.10 bits per heavy atom. The molecule has 1 aliphatic rings. The average Bonchev–Trinajstić information content (AvgIpc) is 3.08. The van der Waals surface area contributed by atoms with Crippen LogP contribution in [0.4, 0.5) is 5.95 Å². The molecule has 156 valence electrons. The fourth-order valence-electron chi connectivity index (χ4n) is 3.36. The van der Waals surface area contributed by atoms with Crippen molar-refractivity contribution in [3.8, 4) is 11.5 Å². The third kappa shape index (κ3) is 4.30. The third-order valence-corrected chi connectivity index (χ3v) is 6.23. The molecule has 1 N–H and O–H groups in total. The van der Waals surface area contributed by atoms with E-state index in [1.807, 2.05) is 19.1 Å². The standard InChI is InChI=1S/C20H25BrN4O3S/c1-6-7-8-29-20-23-19-22-11(2)16(12(3)26)17(25(19)24-20)13-9-14(21)18(28-5)15(10-13)27-4/h9-10,17H,6-8H2,1-5H3,(H,22,23,24). The highest BCUT2D eigenvalue weighted by Gasteiger charge is 2.33. The van der Waals surface area contributed by atoms with Crippen LogP contribution in [0.25, 0.3) is 0 Å². The van der Waals surface area contributed by atoms with E-state index in [-0.39, 0.29) is 5.78 Å². The molecule has 2 heterocycles. The molecule has 0 saturated heterocycles. The lowest BCUT2D eigenvalue weighted by atomic mass is 9.93. The second-order valence-electron chi connectivity index (χ2n) is 6.73. The van der Waals surface area contributed by atoms with E-state index in [9.17, 15) is 4.79 Å². The molecular weight excluding hydrogens is 456 g/mol. The van der Waals surface area contributed by atoms with Gasteiger partial charge in [0.05, 0.1) is 18.7 Å². The first kappa shape index (κ1) is 21.7. The number of allylic oxidation sites excluding steroid dienone is 2. The molecule has 1 unspecified atom stereocenters. The van der Waals surface area contributed by atoms with Crippen molar-refractivity contribution >= 4 is 39.4 Å². The van der Waals surface area contributed by atoms with Crippen LogP contribution in [0, 0.1) is 0 Å². The number of rotatable bonds is 8. The Morgan fingerprint density at radius 1 is 1.34 bits per heavy atom. The minimum absolute atomic E-state index is 0.0211. The summed E-state index contributed by atoms with van der Waals surface area (Å²) in [6, 6.07) is 3.40. The molecule has 1 atom stereocenters. The molecule has 3 rings (SSSR count). The lowest BCUT2D eigenvalue weighted by Gasteiger charge is -2.28. The molecule has 0 amide bonds. The van der Waals surface area contributed by atoms with E-state index >= 15 is 0 Å². The van der Waals surface area contributed by atoms with E-state index in [1.165, 1.54) is 0 Å². The van der Waals surface area contributed by atoms with Crippen LogP contribution in [0.15, 0.2) is 33.0 Å². The van der Waals surface area contributed by atoms with Crippen molar-refractivity contribution in [3.05, 3.63) is 33.4 Å². The number of thioether (sulfide) groups is 1. The molecule has 0 spiro atoms. The van der Waals surface area contributed by atoms with E-state index in [0.29, 0.717) is 28.2 Å². The monoisotopic (exact) mass is 480 g/mol. The van der Waals surface area contributed by atoms with Crippen LogP contribution in [0.1, 0.15) is 45.2 Å². The second kappa shape index (κ2) is 9.21. The topological polar surface area (TPSA) is 78.3 Å². The van der Waals surface area contributed by atoms with E-state index in [4.69, 9.17) is 14.6 Å². The highest BCUT2D eigenvalue weighted by molar-refractivity contribution is 9.10. The van der Waals surface area contributed by atoms with Gasteiger partial charge in [0.15, 0.2) is 17.3 Å². The van der Waals surface area contributed by atoms with Crippen molar-refractivity contribution in [1.82, 2.24) is 14.8 Å². The van der Waals surface area contributed by atoms with Crippen LogP contribution in [-0.4, -0.2) is 40.5 Å². The van der Waals surface area contributed by atoms with Crippen LogP contribution in [0.3, 0.4) is 0 Å². The zero-order chi connectivity index (χ0) is 21.1. The number of ketones is 1. The summed E-state index contributed by atoms with van der Waals surface area (Å²) < 4.78 is 13.5. The van der Waals surface area contributed by atoms with E-state index < -0.39 is 6.04 Å². The number of nitrogens with zero attached hydrogens (tertiary/aromatic N) is 3. The maximum atomic E-state index is 12.6. The maximum absolute atomic E-state index is 12.6. The quantitative estimate of drug-likeness (QED) is 0.428. The summed E-state index contributed by atoms with van der Waals surface area (Å²) in [5, 5.41) is 8.64. The average molecular weight is 481 g/mol. The molecule has 0 fully saturated rings. The van der Waals surface area contributed by atoms with Crippen molar-refractivity contribution in [2.75, 3.05) is 25.3 Å². The number of benzene rings is 1. The number of nitrogens with one attached hydrogen (secondary N) is 1. The van der Waals surface area contributed by atoms with Crippen molar-refractivity contribution < 1.29 is 14.3 Å². The minimum atomic E-state index is -0.409. The van der Waals surface area contributed by atoms with Crippen LogP contribution < -0.4 is 14.8 Å². The van der Waals surface area contributed by atoms with Gasteiger partial charge < -0.3 is 14.8 Å². The first-order valence-electron chi connectivity index (χ1n) is 9.40. The predicted molar refractivity (Wildman–Crippen MR) is 118 cm³/mol. The molecule has 0 saturated carbocycles. The van der Waals surface area contributed by atoms with Crippen LogP contribution in [-0.2, 0) is 4.79 Å². The van der Waals surface area contributed by atoms with Gasteiger partial charge in [0, 0.05) is 17.0 Å². The van der Waals surface area contributed by atoms with Gasteiger partial charge in [0.25, 0.3) is 0 Å². The second-order valence-corrected chi connectivity index (χ2v) is 8.64. The van der Waals surface area contributed by atoms with Crippen molar-refractivity contribution in [1.29, 1.82) is 0 Å². The summed E-state index contributed by atoms with van der Waals surface area (Å²) >= 11 is 5.18. The number of halogens is 1. The van der Waals surface area contributed by atoms with Crippen LogP contribution in [0.2, 0.25) is 0 Å². The fraction of sp³-hybridized carbons (Fsp3) is 0.450. The lowest BCUT2D eigenvalue weighted by Crippen LogP contribution is -2.27. The smallest absolute Gasteiger partial charge is 0.227 e. The summed E-state index contributed by atoms with van der Waals surface area (Å²) in [7, 11) is 3.18. The summed E-state index contributed by atoms with van der Waals surface area (Å²) in [5.74, 6) is 2.74. The molecule has 0 bridgehead atoms. The van der Waals surface area contributed by atoms with Crippen LogP contribution in [0.5, 0.6) is 11.5 Å². The zero-order valence-corrected chi connectivity index (χ0v) is 19.6. The third-order valence-electron chi connectivity index (χ3n) is 4.71. The Morgan fingerprint density at radius 3 is 2.72 bits per heavy atom. The largest absolute Gasteiger partial charge is 0.493 e. The molecule has 1 aromatic carbocycles. The number of aromatic nitrogens is 3. The molecule has 0 aliphatic carbocycles. The Balaban J connectivity index is 2.12. The highest BCUT2D eigenvalue weighted by Crippen LogP contribution is 2.42. The molecule has 9 heteroatoms. The van der Waals surface area contributed by atoms with Crippen LogP contribution >= 0.6 is 27.7 Å². The number of fused-ring (bicyclic) bond motifs is 1. The zero-order valence-electron chi connectivity index (χ0n) is 17.2. The first-order chi connectivity index (χ1) is 13.9. The Kier molecular flexibility index (Phi) is 6.89. The molecule has 1 aliphatic heterocycles. The van der Waals surface area contributed by atoms with Gasteiger partial charge in [-0.05, 0) is 53.9 Å². The number of carbonyl (C=O) groups is 1. The van der Waals surface area contributed by atoms with E-state index in [0.717, 1.165) is 34.3 Å². The van der Waals surface area contributed by atoms with Gasteiger partial charge in [-0.2, -0.15) is 4.98 Å². The number of hydrogen-bond donors (Lipinski definition) is 1. The summed E-state index contributed by atoms with van der Waals surface area (Å²) in [5.41, 5.74) is 2.28. The lowest BCUT2D eigenvalue weighted by molar-refractivity contribution is -0.114. The van der Waals surface area contributed by atoms with Gasteiger partial charge in [-0.1, -0.05) is 25.1 Å². The number of unbranched alkanes of at least 4 members (excludes halogenated alkanes) is 1. The minimum Gasteiger partial charge on any atom is -0.493 e. The fourth-order valence-corrected chi connectivity index (χ4v) is 4.89. The molecule has 7 nitrogen and oxygen atoms in total.